The van der Waals surface area contributed by atoms with Crippen LogP contribution in [-0.4, -0.2) is 31.6 Å². The summed E-state index contributed by atoms with van der Waals surface area (Å²) in [7, 11) is 0. The molecule has 0 saturated heterocycles. The maximum atomic E-state index is 5.94. The van der Waals surface area contributed by atoms with Crippen molar-refractivity contribution in [3.8, 4) is 11.5 Å². The number of rotatable bonds is 1. The molecule has 1 aromatic carbocycles. The summed E-state index contributed by atoms with van der Waals surface area (Å²) >= 11 is 11.8. The van der Waals surface area contributed by atoms with Crippen LogP contribution in [0.2, 0.25) is 10.0 Å². The van der Waals surface area contributed by atoms with Gasteiger partial charge in [0.1, 0.15) is 12.4 Å². The van der Waals surface area contributed by atoms with Gasteiger partial charge in [-0.1, -0.05) is 23.2 Å². The first kappa shape index (κ1) is 11.0. The van der Waals surface area contributed by atoms with Gasteiger partial charge in [-0.25, -0.2) is 0 Å². The van der Waals surface area contributed by atoms with Gasteiger partial charge in [0.2, 0.25) is 0 Å². The van der Waals surface area contributed by atoms with Crippen LogP contribution in [0.15, 0.2) is 17.1 Å². The minimum absolute atomic E-state index is 0.192. The molecule has 0 aliphatic carbocycles. The van der Waals surface area contributed by atoms with Gasteiger partial charge in [0.25, 0.3) is 0 Å². The number of fused-ring (bicyclic) bond motifs is 1. The van der Waals surface area contributed by atoms with E-state index in [-0.39, 0.29) is 6.10 Å². The van der Waals surface area contributed by atoms with Crippen LogP contribution in [0.5, 0.6) is 11.5 Å². The summed E-state index contributed by atoms with van der Waals surface area (Å²) in [4.78, 5) is 4.31. The standard InChI is InChI=1S/C11H10Cl2N2O2/c12-6-3-8-9(4-7(6)13)17-10(5-16-8)11-14-1-2-15-11/h3-4,10H,1-2,5H2,(H,14,15). The topological polar surface area (TPSA) is 42.8 Å². The minimum Gasteiger partial charge on any atom is -0.485 e. The van der Waals surface area contributed by atoms with Crippen molar-refractivity contribution < 1.29 is 9.47 Å². The van der Waals surface area contributed by atoms with E-state index in [0.29, 0.717) is 28.2 Å². The highest BCUT2D eigenvalue weighted by molar-refractivity contribution is 6.42. The largest absolute Gasteiger partial charge is 0.485 e. The average molecular weight is 273 g/mol. The van der Waals surface area contributed by atoms with E-state index in [1.54, 1.807) is 12.1 Å². The number of ether oxygens (including phenoxy) is 2. The van der Waals surface area contributed by atoms with Crippen molar-refractivity contribution in [2.24, 2.45) is 4.99 Å². The van der Waals surface area contributed by atoms with E-state index < -0.39 is 0 Å². The van der Waals surface area contributed by atoms with E-state index >= 15 is 0 Å². The summed E-state index contributed by atoms with van der Waals surface area (Å²) in [5.41, 5.74) is 0. The predicted molar refractivity (Wildman–Crippen MR) is 66.7 cm³/mol. The summed E-state index contributed by atoms with van der Waals surface area (Å²) in [6.07, 6.45) is -0.192. The molecule has 0 spiro atoms. The fourth-order valence-corrected chi connectivity index (χ4v) is 2.14. The van der Waals surface area contributed by atoms with E-state index in [1.807, 2.05) is 0 Å². The smallest absolute Gasteiger partial charge is 0.189 e. The van der Waals surface area contributed by atoms with Gasteiger partial charge in [0.05, 0.1) is 16.6 Å². The van der Waals surface area contributed by atoms with Gasteiger partial charge in [-0.3, -0.25) is 4.99 Å². The molecule has 0 saturated carbocycles. The Kier molecular flexibility index (Phi) is 2.76. The lowest BCUT2D eigenvalue weighted by molar-refractivity contribution is 0.133. The molecule has 1 atom stereocenters. The number of nitrogens with zero attached hydrogens (tertiary/aromatic N) is 1. The molecule has 4 nitrogen and oxygen atoms in total. The predicted octanol–water partition coefficient (Wildman–Crippen LogP) is 2.13. The normalized spacial score (nSPS) is 22.0. The first-order chi connectivity index (χ1) is 8.24. The molecule has 0 bridgehead atoms. The van der Waals surface area contributed by atoms with Crippen molar-refractivity contribution in [3.05, 3.63) is 22.2 Å². The molecule has 3 rings (SSSR count). The second-order valence-corrected chi connectivity index (χ2v) is 4.64. The van der Waals surface area contributed by atoms with Crippen molar-refractivity contribution >= 4 is 29.0 Å². The number of benzene rings is 1. The van der Waals surface area contributed by atoms with Crippen LogP contribution in [-0.2, 0) is 0 Å². The van der Waals surface area contributed by atoms with Gasteiger partial charge in [0.15, 0.2) is 17.6 Å². The van der Waals surface area contributed by atoms with Crippen LogP contribution in [0, 0.1) is 0 Å². The lowest BCUT2D eigenvalue weighted by Gasteiger charge is -2.26. The zero-order chi connectivity index (χ0) is 11.8. The summed E-state index contributed by atoms with van der Waals surface area (Å²) in [6.45, 7) is 2.06. The Morgan fingerprint density at radius 3 is 2.71 bits per heavy atom. The maximum absolute atomic E-state index is 5.94. The molecular weight excluding hydrogens is 263 g/mol. The molecule has 1 N–H and O–H groups in total. The Bertz CT molecular complexity index is 491. The zero-order valence-corrected chi connectivity index (χ0v) is 10.4. The van der Waals surface area contributed by atoms with Gasteiger partial charge in [-0.2, -0.15) is 0 Å². The van der Waals surface area contributed by atoms with Gasteiger partial charge in [-0.05, 0) is 0 Å². The molecule has 6 heteroatoms. The van der Waals surface area contributed by atoms with Gasteiger partial charge >= 0.3 is 0 Å². The summed E-state index contributed by atoms with van der Waals surface area (Å²) < 4.78 is 11.4. The fraction of sp³-hybridized carbons (Fsp3) is 0.364. The lowest BCUT2D eigenvalue weighted by atomic mass is 10.2. The highest BCUT2D eigenvalue weighted by Gasteiger charge is 2.27. The lowest BCUT2D eigenvalue weighted by Crippen LogP contribution is -2.42. The molecule has 0 radical (unpaired) electrons. The first-order valence-electron chi connectivity index (χ1n) is 5.31. The van der Waals surface area contributed by atoms with Crippen molar-refractivity contribution in [1.82, 2.24) is 5.32 Å². The second kappa shape index (κ2) is 4.27. The minimum atomic E-state index is -0.192. The van der Waals surface area contributed by atoms with E-state index in [2.05, 4.69) is 10.3 Å². The summed E-state index contributed by atoms with van der Waals surface area (Å²) in [5.74, 6) is 2.06. The fourth-order valence-electron chi connectivity index (χ4n) is 1.83. The highest BCUT2D eigenvalue weighted by atomic mass is 35.5. The van der Waals surface area contributed by atoms with E-state index in [0.717, 1.165) is 18.9 Å². The summed E-state index contributed by atoms with van der Waals surface area (Å²) in [6, 6.07) is 3.33. The van der Waals surface area contributed by atoms with E-state index in [4.69, 9.17) is 32.7 Å². The molecule has 17 heavy (non-hydrogen) atoms. The van der Waals surface area contributed by atoms with Gasteiger partial charge in [-0.15, -0.1) is 0 Å². The van der Waals surface area contributed by atoms with Gasteiger partial charge < -0.3 is 14.8 Å². The number of halogens is 2. The van der Waals surface area contributed by atoms with E-state index in [9.17, 15) is 0 Å². The van der Waals surface area contributed by atoms with Crippen LogP contribution < -0.4 is 14.8 Å². The molecule has 0 amide bonds. The van der Waals surface area contributed by atoms with Crippen molar-refractivity contribution in [2.45, 2.75) is 6.10 Å². The quantitative estimate of drug-likeness (QED) is 0.852. The summed E-state index contributed by atoms with van der Waals surface area (Å²) in [5, 5.41) is 4.09. The van der Waals surface area contributed by atoms with Crippen molar-refractivity contribution in [2.75, 3.05) is 19.7 Å². The third-order valence-corrected chi connectivity index (χ3v) is 3.37. The molecule has 90 valence electrons. The van der Waals surface area contributed by atoms with Crippen LogP contribution in [0.3, 0.4) is 0 Å². The third kappa shape index (κ3) is 2.03. The Hall–Kier alpha value is -1.13. The molecule has 2 aliphatic heterocycles. The second-order valence-electron chi connectivity index (χ2n) is 3.82. The first-order valence-corrected chi connectivity index (χ1v) is 6.06. The molecule has 0 aromatic heterocycles. The highest BCUT2D eigenvalue weighted by Crippen LogP contribution is 2.38. The van der Waals surface area contributed by atoms with Crippen LogP contribution in [0.4, 0.5) is 0 Å². The number of nitrogens with one attached hydrogen (secondary N) is 1. The molecular formula is C11H10Cl2N2O2. The van der Waals surface area contributed by atoms with Crippen molar-refractivity contribution in [3.63, 3.8) is 0 Å². The van der Waals surface area contributed by atoms with Crippen molar-refractivity contribution in [1.29, 1.82) is 0 Å². The average Bonchev–Trinajstić information content (AvgIpc) is 2.83. The number of hydrogen-bond donors (Lipinski definition) is 1. The SMILES string of the molecule is Clc1cc2c(cc1Cl)OC(C1=NCCN1)CO2. The van der Waals surface area contributed by atoms with E-state index in [1.165, 1.54) is 0 Å². The number of hydrogen-bond acceptors (Lipinski definition) is 4. The Labute approximate surface area is 109 Å². The molecule has 0 fully saturated rings. The number of aliphatic imine (C=N–C) groups is 1. The third-order valence-electron chi connectivity index (χ3n) is 2.65. The van der Waals surface area contributed by atoms with Crippen LogP contribution in [0.1, 0.15) is 0 Å². The zero-order valence-electron chi connectivity index (χ0n) is 8.87. The van der Waals surface area contributed by atoms with Crippen LogP contribution >= 0.6 is 23.2 Å². The maximum Gasteiger partial charge on any atom is 0.189 e. The molecule has 1 aromatic rings. The number of amidine groups is 1. The molecule has 2 aliphatic rings. The Morgan fingerprint density at radius 2 is 2.00 bits per heavy atom. The van der Waals surface area contributed by atoms with Crippen LogP contribution in [0.25, 0.3) is 0 Å². The Morgan fingerprint density at radius 1 is 1.24 bits per heavy atom. The monoisotopic (exact) mass is 272 g/mol. The molecule has 1 unspecified atom stereocenters. The molecule has 2 heterocycles. The van der Waals surface area contributed by atoms with Gasteiger partial charge in [0, 0.05) is 18.7 Å². The Balaban J connectivity index is 1.87.